The summed E-state index contributed by atoms with van der Waals surface area (Å²) >= 11 is 12.3. The van der Waals surface area contributed by atoms with E-state index < -0.39 is 55.9 Å². The molecule has 19 heteroatoms. The van der Waals surface area contributed by atoms with Gasteiger partial charge in [0.25, 0.3) is 0 Å². The fourth-order valence-electron chi connectivity index (χ4n) is 3.63. The van der Waals surface area contributed by atoms with E-state index in [-0.39, 0.29) is 5.82 Å². The van der Waals surface area contributed by atoms with Gasteiger partial charge in [0.1, 0.15) is 23.8 Å². The van der Waals surface area contributed by atoms with E-state index >= 15 is 0 Å². The van der Waals surface area contributed by atoms with Crippen LogP contribution in [0.4, 0.5) is 5.82 Å². The fourth-order valence-corrected chi connectivity index (χ4v) is 6.28. The van der Waals surface area contributed by atoms with Crippen molar-refractivity contribution in [3.63, 3.8) is 0 Å². The van der Waals surface area contributed by atoms with Crippen molar-refractivity contribution in [1.29, 1.82) is 0 Å². The first kappa shape index (κ1) is 26.5. The third-order valence-corrected chi connectivity index (χ3v) is 11.7. The number of imidazole rings is 1. The third-order valence-electron chi connectivity index (χ3n) is 5.11. The van der Waals surface area contributed by atoms with Gasteiger partial charge in [-0.15, -0.1) is 0 Å². The van der Waals surface area contributed by atoms with Crippen LogP contribution in [0.1, 0.15) is 20.1 Å². The average Bonchev–Trinajstić information content (AvgIpc) is 3.36. The molecule has 0 amide bonds. The molecule has 4 rings (SSSR count). The Labute approximate surface area is 207 Å². The van der Waals surface area contributed by atoms with Gasteiger partial charge >= 0.3 is 19.0 Å². The van der Waals surface area contributed by atoms with E-state index in [1.54, 1.807) is 24.7 Å². The van der Waals surface area contributed by atoms with Crippen molar-refractivity contribution in [2.24, 2.45) is 0 Å². The molecule has 14 nitrogen and oxygen atoms in total. The first-order chi connectivity index (χ1) is 15.6. The predicted molar refractivity (Wildman–Crippen MR) is 122 cm³/mol. The molecule has 34 heavy (non-hydrogen) atoms. The van der Waals surface area contributed by atoms with Crippen LogP contribution >= 0.6 is 50.2 Å². The molecule has 4 heterocycles. The Hall–Kier alpha value is -0.540. The Balaban J connectivity index is 1.64. The van der Waals surface area contributed by atoms with Crippen molar-refractivity contribution in [1.82, 2.24) is 19.5 Å². The lowest BCUT2D eigenvalue weighted by Crippen LogP contribution is -2.33. The van der Waals surface area contributed by atoms with Crippen LogP contribution in [0.25, 0.3) is 11.2 Å². The van der Waals surface area contributed by atoms with Crippen LogP contribution in [0, 0.1) is 0 Å². The largest absolute Gasteiger partial charge is 0.382 e. The van der Waals surface area contributed by atoms with Crippen LogP contribution < -0.4 is 5.73 Å². The van der Waals surface area contributed by atoms with Gasteiger partial charge in [-0.25, -0.2) is 15.0 Å². The zero-order chi connectivity index (χ0) is 25.3. The molecule has 2 aliphatic rings. The van der Waals surface area contributed by atoms with Gasteiger partial charge in [0.2, 0.25) is 0 Å². The second-order valence-corrected chi connectivity index (χ2v) is 15.2. The molecule has 190 valence electrons. The summed E-state index contributed by atoms with van der Waals surface area (Å²) in [6, 6.07) is 0. The smallest absolute Gasteiger partial charge is 0.376 e. The maximum atomic E-state index is 12.5. The van der Waals surface area contributed by atoms with Crippen LogP contribution in [0.15, 0.2) is 11.5 Å². The number of hydrogen-bond acceptors (Lipinski definition) is 11. The maximum Gasteiger partial charge on any atom is 0.376 e. The van der Waals surface area contributed by atoms with Gasteiger partial charge in [-0.2, -0.15) is 0 Å². The quantitative estimate of drug-likeness (QED) is 0.160. The van der Waals surface area contributed by atoms with Crippen LogP contribution in [-0.4, -0.2) is 75.0 Å². The normalized spacial score (nSPS) is 28.8. The van der Waals surface area contributed by atoms with E-state index in [1.165, 1.54) is 18.1 Å². The average molecular weight is 580 g/mol. The minimum Gasteiger partial charge on any atom is -0.382 e. The highest BCUT2D eigenvalue weighted by atomic mass is 35.5. The first-order valence-electron chi connectivity index (χ1n) is 9.54. The minimum absolute atomic E-state index is 0.172. The number of halogens is 2. The lowest BCUT2D eigenvalue weighted by Gasteiger charge is -2.28. The Morgan fingerprint density at radius 3 is 2.53 bits per heavy atom. The number of alkyl halides is 2. The number of aromatic nitrogens is 4. The summed E-state index contributed by atoms with van der Waals surface area (Å²) in [6.45, 7) is 2.70. The van der Waals surface area contributed by atoms with Crippen LogP contribution in [0.5, 0.6) is 0 Å². The zero-order valence-electron chi connectivity index (χ0n) is 17.8. The second-order valence-electron chi connectivity index (χ2n) is 7.92. The predicted octanol–water partition coefficient (Wildman–Crippen LogP) is 2.02. The molecule has 0 aliphatic carbocycles. The fraction of sp³-hybridized carbons (Fsp3) is 0.667. The van der Waals surface area contributed by atoms with E-state index in [0.29, 0.717) is 16.3 Å². The van der Waals surface area contributed by atoms with Crippen molar-refractivity contribution in [2.45, 2.75) is 53.1 Å². The maximum absolute atomic E-state index is 12.5. The Kier molecular flexibility index (Phi) is 6.86. The summed E-state index contributed by atoms with van der Waals surface area (Å²) in [6.07, 6.45) is -0.197. The molecule has 2 aromatic heterocycles. The van der Waals surface area contributed by atoms with Crippen LogP contribution in [0.3, 0.4) is 0 Å². The van der Waals surface area contributed by atoms with Gasteiger partial charge in [-0.3, -0.25) is 13.7 Å². The Morgan fingerprint density at radius 2 is 1.91 bits per heavy atom. The van der Waals surface area contributed by atoms with Crippen molar-refractivity contribution in [3.8, 4) is 0 Å². The molecule has 5 N–H and O–H groups in total. The van der Waals surface area contributed by atoms with E-state index in [0.717, 1.165) is 0 Å². The minimum atomic E-state index is -5.43. The SMILES string of the molecule is CSc1nc(N)c2ncn([C@@H]3O[C@H](COP(=O)(O)C(Cl)(Cl)P(=O)(O)O)[C@H]4OC(C)(C)O[C@H]43)c2n1. The van der Waals surface area contributed by atoms with Crippen LogP contribution in [-0.2, 0) is 27.9 Å². The van der Waals surface area contributed by atoms with Gasteiger partial charge in [0, 0.05) is 0 Å². The number of rotatable bonds is 7. The summed E-state index contributed by atoms with van der Waals surface area (Å²) in [5.41, 5.74) is 6.69. The third kappa shape index (κ3) is 4.51. The summed E-state index contributed by atoms with van der Waals surface area (Å²) in [7, 11) is -10.7. The van der Waals surface area contributed by atoms with Crippen LogP contribution in [0.2, 0.25) is 0 Å². The van der Waals surface area contributed by atoms with E-state index in [4.69, 9.17) is 47.7 Å². The molecule has 0 bridgehead atoms. The highest BCUT2D eigenvalue weighted by Gasteiger charge is 2.62. The molecule has 5 atom stereocenters. The lowest BCUT2D eigenvalue weighted by atomic mass is 10.1. The van der Waals surface area contributed by atoms with Gasteiger partial charge in [0.15, 0.2) is 28.6 Å². The molecule has 0 spiro atoms. The molecule has 0 aromatic carbocycles. The molecule has 2 fully saturated rings. The molecule has 0 saturated carbocycles. The van der Waals surface area contributed by atoms with E-state index in [1.807, 2.05) is 0 Å². The molecular formula is C15H21Cl2N5O9P2S. The van der Waals surface area contributed by atoms with Crippen molar-refractivity contribution in [2.75, 3.05) is 18.6 Å². The number of thioether (sulfide) groups is 1. The monoisotopic (exact) mass is 579 g/mol. The highest BCUT2D eigenvalue weighted by molar-refractivity contribution is 7.98. The zero-order valence-corrected chi connectivity index (χ0v) is 21.9. The lowest BCUT2D eigenvalue weighted by molar-refractivity contribution is -0.199. The molecular weight excluding hydrogens is 559 g/mol. The summed E-state index contributed by atoms with van der Waals surface area (Å²) < 4.78 is 44.9. The van der Waals surface area contributed by atoms with Gasteiger partial charge in [-0.05, 0) is 20.1 Å². The Morgan fingerprint density at radius 1 is 1.26 bits per heavy atom. The van der Waals surface area contributed by atoms with Crippen molar-refractivity contribution in [3.05, 3.63) is 6.33 Å². The number of nitrogens with zero attached hydrogens (tertiary/aromatic N) is 4. The number of fused-ring (bicyclic) bond motifs is 2. The molecule has 0 radical (unpaired) electrons. The second kappa shape index (κ2) is 8.79. The highest BCUT2D eigenvalue weighted by Crippen LogP contribution is 2.76. The van der Waals surface area contributed by atoms with Gasteiger partial charge < -0.3 is 39.1 Å². The Bertz CT molecular complexity index is 1210. The number of ether oxygens (including phenoxy) is 3. The summed E-state index contributed by atoms with van der Waals surface area (Å²) in [4.78, 5) is 41.4. The van der Waals surface area contributed by atoms with Gasteiger partial charge in [-0.1, -0.05) is 35.0 Å². The molecule has 1 unspecified atom stereocenters. The van der Waals surface area contributed by atoms with Crippen molar-refractivity contribution >= 4 is 67.1 Å². The molecule has 2 aliphatic heterocycles. The van der Waals surface area contributed by atoms with E-state index in [9.17, 15) is 23.8 Å². The summed E-state index contributed by atoms with van der Waals surface area (Å²) in [5.74, 6) is -0.868. The topological polar surface area (TPSA) is 201 Å². The molecule has 2 saturated heterocycles. The van der Waals surface area contributed by atoms with E-state index in [2.05, 4.69) is 15.0 Å². The summed E-state index contributed by atoms with van der Waals surface area (Å²) in [5, 5.41) is 0.407. The number of nitrogen functional groups attached to an aromatic ring is 1. The van der Waals surface area contributed by atoms with Crippen molar-refractivity contribution < 1.29 is 42.5 Å². The van der Waals surface area contributed by atoms with Gasteiger partial charge in [0.05, 0.1) is 12.9 Å². The number of hydrogen-bond donors (Lipinski definition) is 4. The number of nitrogens with two attached hydrogens (primary N) is 1. The standard InChI is InChI=1S/C15H21Cl2N5O9P2S/c1-14(2)30-8-6(4-28-33(26,27)15(16,17)32(23,24)25)29-12(9(8)31-14)22-5-19-7-10(18)20-13(34-3)21-11(7)22/h5-6,8-9,12H,4H2,1-3H3,(H,26,27)(H2,18,20,21)(H2,23,24,25)/t6-,8-,9-,12-/m1/s1. The molecule has 2 aromatic rings. The first-order valence-corrected chi connectivity index (χ1v) is 14.7. The number of anilines is 1.